The molecule has 0 bridgehead atoms. The zero-order valence-corrected chi connectivity index (χ0v) is 11.0. The summed E-state index contributed by atoms with van der Waals surface area (Å²) < 4.78 is 23.6. The zero-order chi connectivity index (χ0) is 15.4. The number of methoxy groups -OCH3 is 1. The van der Waals surface area contributed by atoms with Crippen molar-refractivity contribution in [1.29, 1.82) is 5.26 Å². The first-order valence-corrected chi connectivity index (χ1v) is 5.84. The van der Waals surface area contributed by atoms with Crippen LogP contribution in [0.3, 0.4) is 0 Å². The number of nitriles is 1. The van der Waals surface area contributed by atoms with Gasteiger partial charge in [0.2, 0.25) is 0 Å². The molecule has 0 saturated carbocycles. The van der Waals surface area contributed by atoms with E-state index < -0.39 is 11.8 Å². The third kappa shape index (κ3) is 3.09. The number of halogens is 1. The van der Waals surface area contributed by atoms with Crippen LogP contribution in [0.5, 0.6) is 17.2 Å². The maximum absolute atomic E-state index is 13.1. The maximum Gasteiger partial charge on any atom is 0.339 e. The van der Waals surface area contributed by atoms with E-state index in [2.05, 4.69) is 0 Å². The van der Waals surface area contributed by atoms with Gasteiger partial charge in [0.25, 0.3) is 0 Å². The molecule has 21 heavy (non-hydrogen) atoms. The molecule has 5 nitrogen and oxygen atoms in total. The summed E-state index contributed by atoms with van der Waals surface area (Å²) in [5.74, 6) is -1.50. The Bertz CT molecular complexity index is 737. The van der Waals surface area contributed by atoms with Gasteiger partial charge in [-0.1, -0.05) is 0 Å². The number of ether oxygens (including phenoxy) is 2. The molecule has 0 atom stereocenters. The lowest BCUT2D eigenvalue weighted by Gasteiger charge is -2.11. The highest BCUT2D eigenvalue weighted by Gasteiger charge is 2.15. The van der Waals surface area contributed by atoms with Gasteiger partial charge in [-0.2, -0.15) is 5.26 Å². The normalized spacial score (nSPS) is 9.76. The minimum Gasteiger partial charge on any atom is -0.497 e. The first-order chi connectivity index (χ1) is 10.0. The summed E-state index contributed by atoms with van der Waals surface area (Å²) >= 11 is 0. The summed E-state index contributed by atoms with van der Waals surface area (Å²) in [5.41, 5.74) is -0.127. The number of carbonyl (C=O) groups is 1. The van der Waals surface area contributed by atoms with Crippen LogP contribution in [0.2, 0.25) is 0 Å². The van der Waals surface area contributed by atoms with Crippen LogP contribution < -0.4 is 9.47 Å². The Morgan fingerprint density at radius 1 is 1.24 bits per heavy atom. The second-order valence-electron chi connectivity index (χ2n) is 4.02. The van der Waals surface area contributed by atoms with E-state index in [0.29, 0.717) is 5.75 Å². The highest BCUT2D eigenvalue weighted by Crippen LogP contribution is 2.31. The summed E-state index contributed by atoms with van der Waals surface area (Å²) in [6.07, 6.45) is 0. The molecule has 0 aromatic heterocycles. The van der Waals surface area contributed by atoms with E-state index in [9.17, 15) is 9.18 Å². The van der Waals surface area contributed by atoms with E-state index >= 15 is 0 Å². The van der Waals surface area contributed by atoms with Crippen LogP contribution in [0, 0.1) is 17.1 Å². The van der Waals surface area contributed by atoms with Crippen LogP contribution >= 0.6 is 0 Å². The third-order valence-electron chi connectivity index (χ3n) is 2.70. The Labute approximate surface area is 119 Å². The number of carboxylic acid groups (broad SMARTS) is 1. The van der Waals surface area contributed by atoms with Crippen LogP contribution in [-0.2, 0) is 0 Å². The van der Waals surface area contributed by atoms with Gasteiger partial charge >= 0.3 is 5.97 Å². The molecule has 0 aliphatic heterocycles. The number of carboxylic acids is 1. The predicted molar refractivity (Wildman–Crippen MR) is 71.1 cm³/mol. The average molecular weight is 287 g/mol. The Balaban J connectivity index is 2.47. The molecule has 1 N–H and O–H groups in total. The highest BCUT2D eigenvalue weighted by molar-refractivity contribution is 5.91. The van der Waals surface area contributed by atoms with Crippen LogP contribution in [0.1, 0.15) is 15.9 Å². The number of aromatic carboxylic acids is 1. The Morgan fingerprint density at radius 2 is 2.00 bits per heavy atom. The van der Waals surface area contributed by atoms with Crippen molar-refractivity contribution >= 4 is 5.97 Å². The molecular weight excluding hydrogens is 277 g/mol. The molecular formula is C15H10FNO4. The van der Waals surface area contributed by atoms with E-state index in [-0.39, 0.29) is 22.6 Å². The van der Waals surface area contributed by atoms with Crippen molar-refractivity contribution in [2.75, 3.05) is 7.11 Å². The lowest BCUT2D eigenvalue weighted by atomic mass is 10.2. The summed E-state index contributed by atoms with van der Waals surface area (Å²) in [5, 5.41) is 18.1. The lowest BCUT2D eigenvalue weighted by molar-refractivity contribution is 0.0693. The second-order valence-corrected chi connectivity index (χ2v) is 4.02. The summed E-state index contributed by atoms with van der Waals surface area (Å²) in [6.45, 7) is 0. The van der Waals surface area contributed by atoms with Crippen LogP contribution in [0.4, 0.5) is 4.39 Å². The number of benzene rings is 2. The molecule has 2 aromatic carbocycles. The minimum absolute atomic E-state index is 0.0614. The lowest BCUT2D eigenvalue weighted by Crippen LogP contribution is -2.01. The molecule has 2 aromatic rings. The van der Waals surface area contributed by atoms with Crippen molar-refractivity contribution in [3.05, 3.63) is 53.3 Å². The zero-order valence-electron chi connectivity index (χ0n) is 11.0. The molecule has 0 spiro atoms. The van der Waals surface area contributed by atoms with Gasteiger partial charge in [0, 0.05) is 6.07 Å². The average Bonchev–Trinajstić information content (AvgIpc) is 2.48. The van der Waals surface area contributed by atoms with E-state index in [0.717, 1.165) is 12.1 Å². The predicted octanol–water partition coefficient (Wildman–Crippen LogP) is 3.20. The van der Waals surface area contributed by atoms with Crippen molar-refractivity contribution in [2.24, 2.45) is 0 Å². The van der Waals surface area contributed by atoms with Gasteiger partial charge in [-0.05, 0) is 30.3 Å². The van der Waals surface area contributed by atoms with Crippen molar-refractivity contribution in [1.82, 2.24) is 0 Å². The standard InChI is InChI=1S/C15H10FNO4/c1-20-11-4-2-9(8-17)14(7-11)21-13-5-3-10(16)6-12(13)15(18)19/h2-7H,1H3,(H,18,19). The smallest absolute Gasteiger partial charge is 0.339 e. The second kappa shape index (κ2) is 5.92. The highest BCUT2D eigenvalue weighted by atomic mass is 19.1. The third-order valence-corrected chi connectivity index (χ3v) is 2.70. The number of nitrogens with zero attached hydrogens (tertiary/aromatic N) is 1. The van der Waals surface area contributed by atoms with E-state index in [1.165, 1.54) is 25.3 Å². The Kier molecular flexibility index (Phi) is 4.05. The summed E-state index contributed by atoms with van der Waals surface area (Å²) in [6, 6.07) is 9.56. The van der Waals surface area contributed by atoms with Crippen molar-refractivity contribution in [3.63, 3.8) is 0 Å². The fraction of sp³-hybridized carbons (Fsp3) is 0.0667. The van der Waals surface area contributed by atoms with Crippen molar-refractivity contribution in [3.8, 4) is 23.3 Å². The van der Waals surface area contributed by atoms with Gasteiger partial charge in [-0.25, -0.2) is 9.18 Å². The quantitative estimate of drug-likeness (QED) is 0.934. The number of hydrogen-bond acceptors (Lipinski definition) is 4. The summed E-state index contributed by atoms with van der Waals surface area (Å²) in [7, 11) is 1.45. The van der Waals surface area contributed by atoms with Crippen molar-refractivity contribution < 1.29 is 23.8 Å². The van der Waals surface area contributed by atoms with E-state index in [1.54, 1.807) is 6.07 Å². The van der Waals surface area contributed by atoms with Gasteiger partial charge in [0.15, 0.2) is 0 Å². The molecule has 0 unspecified atom stereocenters. The first kappa shape index (κ1) is 14.3. The summed E-state index contributed by atoms with van der Waals surface area (Å²) in [4.78, 5) is 11.1. The molecule has 0 saturated heterocycles. The molecule has 106 valence electrons. The van der Waals surface area contributed by atoms with Crippen LogP contribution in [-0.4, -0.2) is 18.2 Å². The largest absolute Gasteiger partial charge is 0.497 e. The van der Waals surface area contributed by atoms with E-state index in [1.807, 2.05) is 6.07 Å². The minimum atomic E-state index is -1.33. The number of hydrogen-bond donors (Lipinski definition) is 1. The molecule has 6 heteroatoms. The van der Waals surface area contributed by atoms with Crippen LogP contribution in [0.15, 0.2) is 36.4 Å². The monoisotopic (exact) mass is 287 g/mol. The van der Waals surface area contributed by atoms with Gasteiger partial charge in [-0.15, -0.1) is 0 Å². The molecule has 0 radical (unpaired) electrons. The Morgan fingerprint density at radius 3 is 2.62 bits per heavy atom. The fourth-order valence-corrected chi connectivity index (χ4v) is 1.68. The molecule has 0 fully saturated rings. The molecule has 0 aliphatic rings. The van der Waals surface area contributed by atoms with Gasteiger partial charge in [0.05, 0.1) is 12.7 Å². The van der Waals surface area contributed by atoms with Gasteiger partial charge in [-0.3, -0.25) is 0 Å². The van der Waals surface area contributed by atoms with Crippen LogP contribution in [0.25, 0.3) is 0 Å². The Hall–Kier alpha value is -3.07. The van der Waals surface area contributed by atoms with Crippen molar-refractivity contribution in [2.45, 2.75) is 0 Å². The van der Waals surface area contributed by atoms with E-state index in [4.69, 9.17) is 19.8 Å². The molecule has 0 heterocycles. The SMILES string of the molecule is COc1ccc(C#N)c(Oc2ccc(F)cc2C(=O)O)c1. The number of rotatable bonds is 4. The molecule has 2 rings (SSSR count). The molecule has 0 aliphatic carbocycles. The maximum atomic E-state index is 13.1. The van der Waals surface area contributed by atoms with Gasteiger partial charge in [0.1, 0.15) is 34.7 Å². The first-order valence-electron chi connectivity index (χ1n) is 5.84. The molecule has 0 amide bonds. The topological polar surface area (TPSA) is 79.5 Å². The van der Waals surface area contributed by atoms with Gasteiger partial charge < -0.3 is 14.6 Å². The fourth-order valence-electron chi connectivity index (χ4n) is 1.68.